The van der Waals surface area contributed by atoms with E-state index >= 15 is 0 Å². The van der Waals surface area contributed by atoms with E-state index in [0.29, 0.717) is 26.2 Å². The van der Waals surface area contributed by atoms with Crippen molar-refractivity contribution in [2.45, 2.75) is 12.8 Å². The number of likely N-dealkylation sites (N-methyl/N-ethyl adjacent to an activating group) is 1. The lowest BCUT2D eigenvalue weighted by molar-refractivity contribution is 0.136. The van der Waals surface area contributed by atoms with Gasteiger partial charge in [0.05, 0.1) is 6.54 Å². The molecule has 0 radical (unpaired) electrons. The first-order valence-corrected chi connectivity index (χ1v) is 5.26. The molecule has 6 heteroatoms. The standard InChI is InChI=1S/C10H19N3O3/c1-13(2)7-8-16-10(15)12-6-4-3-5-11-9-14/h3-8H2,1-2H3,(H,12,15). The maximum Gasteiger partial charge on any atom is 0.407 e. The second-order valence-corrected chi connectivity index (χ2v) is 3.55. The highest BCUT2D eigenvalue weighted by Crippen LogP contribution is 1.88. The molecule has 0 saturated heterocycles. The van der Waals surface area contributed by atoms with Crippen molar-refractivity contribution in [3.63, 3.8) is 0 Å². The van der Waals surface area contributed by atoms with Crippen LogP contribution in [-0.2, 0) is 9.53 Å². The Kier molecular flexibility index (Phi) is 9.26. The van der Waals surface area contributed by atoms with Crippen LogP contribution in [0.4, 0.5) is 4.79 Å². The predicted molar refractivity (Wildman–Crippen MR) is 60.1 cm³/mol. The normalized spacial score (nSPS) is 9.69. The van der Waals surface area contributed by atoms with Crippen molar-refractivity contribution in [1.82, 2.24) is 10.2 Å². The molecule has 0 rings (SSSR count). The number of ether oxygens (including phenoxy) is 1. The Morgan fingerprint density at radius 1 is 1.44 bits per heavy atom. The fraction of sp³-hybridized carbons (Fsp3) is 0.800. The van der Waals surface area contributed by atoms with Gasteiger partial charge in [-0.05, 0) is 26.9 Å². The van der Waals surface area contributed by atoms with Crippen LogP contribution in [0.3, 0.4) is 0 Å². The molecule has 92 valence electrons. The number of nitrogens with one attached hydrogen (secondary N) is 1. The van der Waals surface area contributed by atoms with Crippen molar-refractivity contribution < 1.29 is 14.3 Å². The van der Waals surface area contributed by atoms with Crippen molar-refractivity contribution in [2.24, 2.45) is 4.99 Å². The minimum Gasteiger partial charge on any atom is -0.448 e. The highest BCUT2D eigenvalue weighted by molar-refractivity contribution is 5.66. The Bertz CT molecular complexity index is 237. The fourth-order valence-electron chi connectivity index (χ4n) is 0.924. The number of aliphatic imine (C=N–C) groups is 1. The molecule has 0 fully saturated rings. The average molecular weight is 229 g/mol. The predicted octanol–water partition coefficient (Wildman–Crippen LogP) is 0.390. The van der Waals surface area contributed by atoms with E-state index in [1.54, 1.807) is 0 Å². The molecule has 1 amide bonds. The highest BCUT2D eigenvalue weighted by atomic mass is 16.5. The Hall–Kier alpha value is -1.39. The number of amides is 1. The third-order valence-electron chi connectivity index (χ3n) is 1.80. The Balaban J connectivity index is 3.27. The summed E-state index contributed by atoms with van der Waals surface area (Å²) in [6.07, 6.45) is 2.59. The zero-order valence-electron chi connectivity index (χ0n) is 9.86. The van der Waals surface area contributed by atoms with Gasteiger partial charge in [0.15, 0.2) is 0 Å². The van der Waals surface area contributed by atoms with Crippen molar-refractivity contribution in [1.29, 1.82) is 0 Å². The van der Waals surface area contributed by atoms with Gasteiger partial charge in [0.2, 0.25) is 6.08 Å². The van der Waals surface area contributed by atoms with E-state index in [1.807, 2.05) is 19.0 Å². The molecule has 0 saturated carbocycles. The maximum absolute atomic E-state index is 11.1. The lowest BCUT2D eigenvalue weighted by atomic mass is 10.3. The molecule has 16 heavy (non-hydrogen) atoms. The number of carbonyl (C=O) groups excluding carboxylic acids is 2. The third-order valence-corrected chi connectivity index (χ3v) is 1.80. The molecule has 0 heterocycles. The lowest BCUT2D eigenvalue weighted by Crippen LogP contribution is -2.28. The van der Waals surface area contributed by atoms with Crippen LogP contribution < -0.4 is 5.32 Å². The fourth-order valence-corrected chi connectivity index (χ4v) is 0.924. The van der Waals surface area contributed by atoms with Gasteiger partial charge in [-0.1, -0.05) is 0 Å². The van der Waals surface area contributed by atoms with E-state index in [4.69, 9.17) is 4.74 Å². The monoisotopic (exact) mass is 229 g/mol. The zero-order chi connectivity index (χ0) is 12.2. The Labute approximate surface area is 95.7 Å². The summed E-state index contributed by atoms with van der Waals surface area (Å²) in [5.41, 5.74) is 0. The quantitative estimate of drug-likeness (QED) is 0.371. The number of unbranched alkanes of at least 4 members (excludes halogenated alkanes) is 1. The molecule has 0 aliphatic rings. The summed E-state index contributed by atoms with van der Waals surface area (Å²) >= 11 is 0. The van der Waals surface area contributed by atoms with Gasteiger partial charge in [0.1, 0.15) is 6.61 Å². The first-order chi connectivity index (χ1) is 7.66. The van der Waals surface area contributed by atoms with E-state index in [0.717, 1.165) is 12.8 Å². The first kappa shape index (κ1) is 14.6. The summed E-state index contributed by atoms with van der Waals surface area (Å²) in [5, 5.41) is 2.61. The van der Waals surface area contributed by atoms with Gasteiger partial charge in [0.25, 0.3) is 0 Å². The Morgan fingerprint density at radius 3 is 2.81 bits per heavy atom. The topological polar surface area (TPSA) is 71.0 Å². The van der Waals surface area contributed by atoms with Crippen LogP contribution in [0.5, 0.6) is 0 Å². The molecule has 1 N–H and O–H groups in total. The van der Waals surface area contributed by atoms with Crippen molar-refractivity contribution >= 4 is 12.2 Å². The van der Waals surface area contributed by atoms with Gasteiger partial charge in [-0.2, -0.15) is 0 Å². The molecule has 0 aliphatic heterocycles. The van der Waals surface area contributed by atoms with Crippen LogP contribution in [0, 0.1) is 0 Å². The van der Waals surface area contributed by atoms with Gasteiger partial charge < -0.3 is 15.0 Å². The van der Waals surface area contributed by atoms with Crippen molar-refractivity contribution in [3.8, 4) is 0 Å². The smallest absolute Gasteiger partial charge is 0.407 e. The Morgan fingerprint density at radius 2 is 2.19 bits per heavy atom. The minimum absolute atomic E-state index is 0.383. The number of alkyl carbamates (subject to hydrolysis) is 1. The number of hydrogen-bond acceptors (Lipinski definition) is 5. The summed E-state index contributed by atoms with van der Waals surface area (Å²) in [4.78, 5) is 26.1. The third kappa shape index (κ3) is 10.7. The van der Waals surface area contributed by atoms with Crippen LogP contribution in [0.2, 0.25) is 0 Å². The molecular weight excluding hydrogens is 210 g/mol. The molecule has 0 aromatic heterocycles. The number of carbonyl (C=O) groups is 1. The van der Waals surface area contributed by atoms with Gasteiger partial charge in [-0.25, -0.2) is 14.6 Å². The SMILES string of the molecule is CN(C)CCOC(=O)NCCCCN=C=O. The van der Waals surface area contributed by atoms with Crippen LogP contribution in [-0.4, -0.2) is 57.4 Å². The summed E-state index contributed by atoms with van der Waals surface area (Å²) in [6.45, 7) is 2.09. The summed E-state index contributed by atoms with van der Waals surface area (Å²) in [6, 6.07) is 0. The maximum atomic E-state index is 11.1. The largest absolute Gasteiger partial charge is 0.448 e. The van der Waals surface area contributed by atoms with Gasteiger partial charge in [0, 0.05) is 13.1 Å². The van der Waals surface area contributed by atoms with Crippen molar-refractivity contribution in [3.05, 3.63) is 0 Å². The van der Waals surface area contributed by atoms with E-state index in [-0.39, 0.29) is 0 Å². The average Bonchev–Trinajstić information content (AvgIpc) is 2.22. The molecule has 0 aliphatic carbocycles. The summed E-state index contributed by atoms with van der Waals surface area (Å²) in [7, 11) is 3.82. The van der Waals surface area contributed by atoms with E-state index in [9.17, 15) is 9.59 Å². The summed E-state index contributed by atoms with van der Waals surface area (Å²) in [5.74, 6) is 0. The molecular formula is C10H19N3O3. The van der Waals surface area contributed by atoms with Gasteiger partial charge >= 0.3 is 6.09 Å². The lowest BCUT2D eigenvalue weighted by Gasteiger charge is -2.10. The second-order valence-electron chi connectivity index (χ2n) is 3.55. The van der Waals surface area contributed by atoms with E-state index in [1.165, 1.54) is 6.08 Å². The molecule has 0 aromatic rings. The molecule has 0 spiro atoms. The van der Waals surface area contributed by atoms with E-state index in [2.05, 4.69) is 10.3 Å². The zero-order valence-corrected chi connectivity index (χ0v) is 9.86. The van der Waals surface area contributed by atoms with Crippen molar-refractivity contribution in [2.75, 3.05) is 40.3 Å². The minimum atomic E-state index is -0.402. The number of rotatable bonds is 8. The molecule has 6 nitrogen and oxygen atoms in total. The van der Waals surface area contributed by atoms with Gasteiger partial charge in [-0.3, -0.25) is 0 Å². The highest BCUT2D eigenvalue weighted by Gasteiger charge is 2.00. The molecule has 0 aromatic carbocycles. The van der Waals surface area contributed by atoms with Crippen LogP contribution >= 0.6 is 0 Å². The van der Waals surface area contributed by atoms with Crippen LogP contribution in [0.15, 0.2) is 4.99 Å². The molecule has 0 atom stereocenters. The second kappa shape index (κ2) is 10.1. The summed E-state index contributed by atoms with van der Waals surface area (Å²) < 4.78 is 4.90. The number of hydrogen-bond donors (Lipinski definition) is 1. The molecule has 0 unspecified atom stereocenters. The number of isocyanates is 1. The van der Waals surface area contributed by atoms with Crippen LogP contribution in [0.1, 0.15) is 12.8 Å². The van der Waals surface area contributed by atoms with E-state index < -0.39 is 6.09 Å². The van der Waals surface area contributed by atoms with Gasteiger partial charge in [-0.15, -0.1) is 0 Å². The van der Waals surface area contributed by atoms with Crippen LogP contribution in [0.25, 0.3) is 0 Å². The molecule has 0 bridgehead atoms. The number of nitrogens with zero attached hydrogens (tertiary/aromatic N) is 2. The first-order valence-electron chi connectivity index (χ1n) is 5.26.